The molecule has 1 aliphatic rings. The van der Waals surface area contributed by atoms with Crippen molar-refractivity contribution in [3.63, 3.8) is 0 Å². The molecule has 1 N–H and O–H groups in total. The third-order valence-corrected chi connectivity index (χ3v) is 5.67. The molecule has 0 spiro atoms. The predicted octanol–water partition coefficient (Wildman–Crippen LogP) is 2.86. The second-order valence-corrected chi connectivity index (χ2v) is 7.40. The first-order valence-corrected chi connectivity index (χ1v) is 9.30. The molecule has 1 aromatic heterocycles. The van der Waals surface area contributed by atoms with Gasteiger partial charge in [0.2, 0.25) is 5.69 Å². The van der Waals surface area contributed by atoms with Gasteiger partial charge in [0.15, 0.2) is 0 Å². The minimum absolute atomic E-state index is 0.167. The van der Waals surface area contributed by atoms with Crippen LogP contribution in [0.1, 0.15) is 28.8 Å². The van der Waals surface area contributed by atoms with E-state index in [0.29, 0.717) is 18.4 Å². The van der Waals surface area contributed by atoms with Gasteiger partial charge in [0.05, 0.1) is 11.8 Å². The molecule has 1 atom stereocenters. The molecule has 0 radical (unpaired) electrons. The molecule has 2 aromatic carbocycles. The van der Waals surface area contributed by atoms with Gasteiger partial charge in [0, 0.05) is 15.6 Å². The van der Waals surface area contributed by atoms with Crippen molar-refractivity contribution in [1.82, 2.24) is 14.8 Å². The van der Waals surface area contributed by atoms with E-state index in [2.05, 4.69) is 11.2 Å². The van der Waals surface area contributed by atoms with Crippen LogP contribution in [0, 0.1) is 22.7 Å². The summed E-state index contributed by atoms with van der Waals surface area (Å²) in [6.07, 6.45) is 1.24. The molecular formula is C20H11Cl2N5O2. The molecular weight excluding hydrogens is 413 g/mol. The van der Waals surface area contributed by atoms with Crippen molar-refractivity contribution in [2.75, 3.05) is 0 Å². The lowest BCUT2D eigenvalue weighted by atomic mass is 9.76. The number of benzene rings is 2. The molecule has 4 rings (SSSR count). The number of hydrogen-bond donors (Lipinski definition) is 1. The molecule has 3 aromatic rings. The van der Waals surface area contributed by atoms with E-state index in [1.165, 1.54) is 12.1 Å². The van der Waals surface area contributed by atoms with Crippen LogP contribution in [0.3, 0.4) is 0 Å². The highest BCUT2D eigenvalue weighted by atomic mass is 35.5. The zero-order chi connectivity index (χ0) is 20.8. The Bertz CT molecular complexity index is 1340. The van der Waals surface area contributed by atoms with E-state index in [-0.39, 0.29) is 15.7 Å². The first-order valence-electron chi connectivity index (χ1n) is 8.54. The Morgan fingerprint density at radius 2 is 1.83 bits per heavy atom. The van der Waals surface area contributed by atoms with Crippen molar-refractivity contribution in [1.29, 1.82) is 10.5 Å². The van der Waals surface area contributed by atoms with Crippen molar-refractivity contribution in [3.05, 3.63) is 89.7 Å². The quantitative estimate of drug-likeness (QED) is 0.679. The van der Waals surface area contributed by atoms with Crippen LogP contribution in [0.5, 0.6) is 0 Å². The van der Waals surface area contributed by atoms with Crippen molar-refractivity contribution >= 4 is 23.2 Å². The lowest BCUT2D eigenvalue weighted by Crippen LogP contribution is -2.33. The summed E-state index contributed by atoms with van der Waals surface area (Å²) in [7, 11) is 0. The van der Waals surface area contributed by atoms with Gasteiger partial charge in [0.25, 0.3) is 5.56 Å². The topological polar surface area (TPSA) is 115 Å². The number of nitriles is 2. The molecule has 0 amide bonds. The SMILES string of the molecule is N#Cc1nn(-c2cc(Cl)c(C3(C#N)CCc4ccccc43)c(Cl)c2)c(=O)[nH]c1=O. The number of nitrogens with zero attached hydrogens (tertiary/aromatic N) is 4. The van der Waals surface area contributed by atoms with Gasteiger partial charge < -0.3 is 0 Å². The molecule has 1 unspecified atom stereocenters. The normalized spacial score (nSPS) is 17.4. The molecule has 0 bridgehead atoms. The fourth-order valence-corrected chi connectivity index (χ4v) is 4.58. The van der Waals surface area contributed by atoms with Gasteiger partial charge >= 0.3 is 5.69 Å². The van der Waals surface area contributed by atoms with Crippen molar-refractivity contribution in [2.24, 2.45) is 0 Å². The van der Waals surface area contributed by atoms with Crippen LogP contribution < -0.4 is 11.2 Å². The van der Waals surface area contributed by atoms with E-state index < -0.39 is 22.4 Å². The van der Waals surface area contributed by atoms with Crippen LogP contribution >= 0.6 is 23.2 Å². The van der Waals surface area contributed by atoms with E-state index in [1.807, 2.05) is 29.2 Å². The smallest absolute Gasteiger partial charge is 0.270 e. The van der Waals surface area contributed by atoms with Crippen LogP contribution in [-0.2, 0) is 11.8 Å². The summed E-state index contributed by atoms with van der Waals surface area (Å²) in [5.41, 5.74) is -0.670. The van der Waals surface area contributed by atoms with Crippen molar-refractivity contribution in [2.45, 2.75) is 18.3 Å². The lowest BCUT2D eigenvalue weighted by molar-refractivity contribution is 0.648. The molecule has 0 saturated heterocycles. The van der Waals surface area contributed by atoms with Crippen molar-refractivity contribution in [3.8, 4) is 17.8 Å². The molecule has 1 heterocycles. The largest absolute Gasteiger partial charge is 0.349 e. The van der Waals surface area contributed by atoms with Gasteiger partial charge in [0.1, 0.15) is 11.5 Å². The van der Waals surface area contributed by atoms with E-state index >= 15 is 0 Å². The lowest BCUT2D eigenvalue weighted by Gasteiger charge is -2.26. The Morgan fingerprint density at radius 1 is 1.14 bits per heavy atom. The highest BCUT2D eigenvalue weighted by molar-refractivity contribution is 6.36. The fraction of sp³-hybridized carbons (Fsp3) is 0.150. The maximum Gasteiger partial charge on any atom is 0.349 e. The third-order valence-electron chi connectivity index (χ3n) is 5.07. The summed E-state index contributed by atoms with van der Waals surface area (Å²) in [6, 6.07) is 14.5. The van der Waals surface area contributed by atoms with Gasteiger partial charge in [-0.25, -0.2) is 4.79 Å². The molecule has 29 heavy (non-hydrogen) atoms. The second-order valence-electron chi connectivity index (χ2n) is 6.59. The summed E-state index contributed by atoms with van der Waals surface area (Å²) in [5, 5.41) is 23.2. The Labute approximate surface area is 174 Å². The van der Waals surface area contributed by atoms with Crippen LogP contribution in [0.2, 0.25) is 10.0 Å². The number of aryl methyl sites for hydroxylation is 1. The van der Waals surface area contributed by atoms with Crippen LogP contribution in [0.4, 0.5) is 0 Å². The standard InChI is InChI=1S/C20H11Cl2N5O2/c21-14-7-12(27-19(29)25-18(28)16(9-23)26-27)8-15(22)17(14)20(10-24)6-5-11-3-1-2-4-13(11)20/h1-4,7-8H,5-6H2,(H,25,28,29). The monoisotopic (exact) mass is 423 g/mol. The maximum atomic E-state index is 12.2. The average Bonchev–Trinajstić information content (AvgIpc) is 3.07. The van der Waals surface area contributed by atoms with Gasteiger partial charge in [-0.15, -0.1) is 5.10 Å². The molecule has 7 nitrogen and oxygen atoms in total. The number of aromatic amines is 1. The van der Waals surface area contributed by atoms with E-state index in [4.69, 9.17) is 28.5 Å². The van der Waals surface area contributed by atoms with Crippen LogP contribution in [0.15, 0.2) is 46.0 Å². The number of nitrogens with one attached hydrogen (secondary N) is 1. The van der Waals surface area contributed by atoms with Crippen molar-refractivity contribution < 1.29 is 0 Å². The zero-order valence-electron chi connectivity index (χ0n) is 14.7. The number of fused-ring (bicyclic) bond motifs is 1. The van der Waals surface area contributed by atoms with Crippen LogP contribution in [0.25, 0.3) is 5.69 Å². The number of halogens is 2. The minimum Gasteiger partial charge on any atom is -0.270 e. The van der Waals surface area contributed by atoms with Gasteiger partial charge in [-0.1, -0.05) is 47.5 Å². The van der Waals surface area contributed by atoms with Gasteiger partial charge in [-0.3, -0.25) is 9.78 Å². The average molecular weight is 424 g/mol. The molecule has 0 aliphatic heterocycles. The van der Waals surface area contributed by atoms with Gasteiger partial charge in [-0.05, 0) is 36.1 Å². The summed E-state index contributed by atoms with van der Waals surface area (Å²) in [5.74, 6) is 0. The zero-order valence-corrected chi connectivity index (χ0v) is 16.3. The summed E-state index contributed by atoms with van der Waals surface area (Å²) >= 11 is 13.1. The van der Waals surface area contributed by atoms with Gasteiger partial charge in [-0.2, -0.15) is 15.2 Å². The first-order chi connectivity index (χ1) is 13.9. The number of aromatic nitrogens is 3. The number of hydrogen-bond acceptors (Lipinski definition) is 5. The fourth-order valence-electron chi connectivity index (χ4n) is 3.78. The summed E-state index contributed by atoms with van der Waals surface area (Å²) in [4.78, 5) is 25.8. The molecule has 9 heteroatoms. The Morgan fingerprint density at radius 3 is 2.48 bits per heavy atom. The number of H-pyrrole nitrogens is 1. The molecule has 142 valence electrons. The summed E-state index contributed by atoms with van der Waals surface area (Å²) in [6.45, 7) is 0. The molecule has 1 aliphatic carbocycles. The molecule has 0 fully saturated rings. The second kappa shape index (κ2) is 6.89. The maximum absolute atomic E-state index is 12.2. The third kappa shape index (κ3) is 2.84. The Hall–Kier alpha value is -3.39. The highest BCUT2D eigenvalue weighted by Crippen LogP contribution is 2.48. The minimum atomic E-state index is -1.01. The van der Waals surface area contributed by atoms with E-state index in [1.54, 1.807) is 6.07 Å². The first kappa shape index (κ1) is 18.9. The molecule has 0 saturated carbocycles. The van der Waals surface area contributed by atoms with E-state index in [0.717, 1.165) is 15.8 Å². The Kier molecular flexibility index (Phi) is 4.50. The van der Waals surface area contributed by atoms with Crippen LogP contribution in [-0.4, -0.2) is 14.8 Å². The van der Waals surface area contributed by atoms with E-state index in [9.17, 15) is 14.9 Å². The highest BCUT2D eigenvalue weighted by Gasteiger charge is 2.43. The predicted molar refractivity (Wildman–Crippen MR) is 106 cm³/mol. The number of rotatable bonds is 2. The summed E-state index contributed by atoms with van der Waals surface area (Å²) < 4.78 is 0.836. The Balaban J connectivity index is 1.94.